The summed E-state index contributed by atoms with van der Waals surface area (Å²) in [6, 6.07) is 0.941. The van der Waals surface area contributed by atoms with Gasteiger partial charge in [-0.1, -0.05) is 0 Å². The number of benzene rings is 1. The Morgan fingerprint density at radius 3 is 2.52 bits per heavy atom. The second kappa shape index (κ2) is 5.78. The summed E-state index contributed by atoms with van der Waals surface area (Å²) < 4.78 is 55.4. The molecule has 1 aromatic carbocycles. The predicted octanol–water partition coefficient (Wildman–Crippen LogP) is 1.11. The van der Waals surface area contributed by atoms with Gasteiger partial charge < -0.3 is 10.3 Å². The number of hydrogen-bond acceptors (Lipinski definition) is 4. The number of rotatable bonds is 5. The monoisotopic (exact) mass is 316 g/mol. The van der Waals surface area contributed by atoms with Gasteiger partial charge in [0.15, 0.2) is 4.90 Å². The summed E-state index contributed by atoms with van der Waals surface area (Å²) >= 11 is 0. The number of aromatic nitrogens is 2. The molecule has 0 aliphatic rings. The van der Waals surface area contributed by atoms with Gasteiger partial charge in [0.25, 0.3) is 0 Å². The molecule has 0 aliphatic heterocycles. The molecule has 0 aliphatic carbocycles. The van der Waals surface area contributed by atoms with Gasteiger partial charge >= 0.3 is 0 Å². The fraction of sp³-hybridized carbons (Fsp3) is 0.250. The molecule has 6 nitrogen and oxygen atoms in total. The minimum Gasteiger partial charge on any atom is -0.399 e. The van der Waals surface area contributed by atoms with Gasteiger partial charge in [0.1, 0.15) is 11.6 Å². The lowest BCUT2D eigenvalue weighted by molar-refractivity contribution is 0.494. The number of nitrogen functional groups attached to an aromatic ring is 1. The summed E-state index contributed by atoms with van der Waals surface area (Å²) in [5, 5.41) is 0. The molecule has 9 heteroatoms. The summed E-state index contributed by atoms with van der Waals surface area (Å²) in [6.45, 7) is 1.85. The first-order valence-electron chi connectivity index (χ1n) is 6.02. The van der Waals surface area contributed by atoms with Crippen molar-refractivity contribution in [3.05, 3.63) is 42.5 Å². The molecule has 0 bridgehead atoms. The van der Waals surface area contributed by atoms with E-state index >= 15 is 0 Å². The highest BCUT2D eigenvalue weighted by molar-refractivity contribution is 7.89. The number of nitrogens with two attached hydrogens (primary N) is 1. The van der Waals surface area contributed by atoms with Gasteiger partial charge in [-0.25, -0.2) is 26.9 Å². The first kappa shape index (κ1) is 15.4. The van der Waals surface area contributed by atoms with Crippen molar-refractivity contribution in [1.29, 1.82) is 0 Å². The van der Waals surface area contributed by atoms with Crippen molar-refractivity contribution < 1.29 is 17.2 Å². The minimum atomic E-state index is -4.33. The average molecular weight is 316 g/mol. The molecule has 1 aromatic heterocycles. The number of halogens is 2. The number of nitrogens with zero attached hydrogens (tertiary/aromatic N) is 2. The number of hydrogen-bond donors (Lipinski definition) is 2. The first-order chi connectivity index (χ1) is 9.79. The fourth-order valence-electron chi connectivity index (χ4n) is 1.91. The second-order valence-electron chi connectivity index (χ2n) is 4.60. The number of sulfonamides is 1. The summed E-state index contributed by atoms with van der Waals surface area (Å²) in [7, 11) is -4.33. The third-order valence-electron chi connectivity index (χ3n) is 2.69. The topological polar surface area (TPSA) is 90.0 Å². The molecule has 0 saturated carbocycles. The standard InChI is InChI=1S/C12H14F2N4O2S/c1-8(6-18-3-2-16-7-18)17-21(19,20)12-10(13)4-9(15)5-11(12)14/h2-5,7-8,17H,6,15H2,1H3. The Balaban J connectivity index is 2.22. The SMILES string of the molecule is CC(Cn1ccnc1)NS(=O)(=O)c1c(F)cc(N)cc1F. The Kier molecular flexibility index (Phi) is 4.24. The Bertz CT molecular complexity index is 709. The van der Waals surface area contributed by atoms with Crippen LogP contribution in [0.3, 0.4) is 0 Å². The van der Waals surface area contributed by atoms with Crippen molar-refractivity contribution in [3.63, 3.8) is 0 Å². The van der Waals surface area contributed by atoms with Crippen LogP contribution in [-0.2, 0) is 16.6 Å². The van der Waals surface area contributed by atoms with E-state index in [2.05, 4.69) is 9.71 Å². The van der Waals surface area contributed by atoms with E-state index in [1.165, 1.54) is 6.33 Å². The molecule has 2 aromatic rings. The molecular weight excluding hydrogens is 302 g/mol. The van der Waals surface area contributed by atoms with Crippen LogP contribution < -0.4 is 10.5 Å². The van der Waals surface area contributed by atoms with Crippen molar-refractivity contribution in [1.82, 2.24) is 14.3 Å². The number of anilines is 1. The molecule has 21 heavy (non-hydrogen) atoms. The Morgan fingerprint density at radius 1 is 1.38 bits per heavy atom. The van der Waals surface area contributed by atoms with Gasteiger partial charge in [0, 0.05) is 30.7 Å². The van der Waals surface area contributed by atoms with Crippen LogP contribution in [-0.4, -0.2) is 24.0 Å². The molecule has 0 saturated heterocycles. The molecule has 1 heterocycles. The van der Waals surface area contributed by atoms with Crippen LogP contribution in [0.15, 0.2) is 35.7 Å². The van der Waals surface area contributed by atoms with Gasteiger partial charge in [-0.05, 0) is 19.1 Å². The number of imidazole rings is 1. The van der Waals surface area contributed by atoms with Gasteiger partial charge in [0.05, 0.1) is 6.33 Å². The quantitative estimate of drug-likeness (QED) is 0.809. The van der Waals surface area contributed by atoms with Crippen molar-refractivity contribution in [2.45, 2.75) is 24.4 Å². The summed E-state index contributed by atoms with van der Waals surface area (Å²) in [5.74, 6) is -2.45. The summed E-state index contributed by atoms with van der Waals surface area (Å²) in [6.07, 6.45) is 4.70. The zero-order valence-corrected chi connectivity index (χ0v) is 11.9. The van der Waals surface area contributed by atoms with E-state index in [-0.39, 0.29) is 12.2 Å². The highest BCUT2D eigenvalue weighted by atomic mass is 32.2. The fourth-order valence-corrected chi connectivity index (χ4v) is 3.26. The van der Waals surface area contributed by atoms with E-state index < -0.39 is 32.6 Å². The van der Waals surface area contributed by atoms with E-state index in [0.29, 0.717) is 0 Å². The molecule has 0 radical (unpaired) electrons. The maximum absolute atomic E-state index is 13.7. The molecule has 0 spiro atoms. The minimum absolute atomic E-state index is 0.185. The van der Waals surface area contributed by atoms with Gasteiger partial charge in [-0.3, -0.25) is 0 Å². The Morgan fingerprint density at radius 2 is 2.00 bits per heavy atom. The smallest absolute Gasteiger partial charge is 0.246 e. The Labute approximate surface area is 120 Å². The zero-order valence-electron chi connectivity index (χ0n) is 11.1. The van der Waals surface area contributed by atoms with Crippen molar-refractivity contribution in [2.75, 3.05) is 5.73 Å². The van der Waals surface area contributed by atoms with Crippen LogP contribution in [0.4, 0.5) is 14.5 Å². The van der Waals surface area contributed by atoms with Gasteiger partial charge in [-0.15, -0.1) is 0 Å². The van der Waals surface area contributed by atoms with Crippen molar-refractivity contribution in [2.24, 2.45) is 0 Å². The maximum atomic E-state index is 13.7. The molecule has 1 atom stereocenters. The van der Waals surface area contributed by atoms with E-state index in [9.17, 15) is 17.2 Å². The third-order valence-corrected chi connectivity index (χ3v) is 4.33. The molecule has 2 rings (SSSR count). The largest absolute Gasteiger partial charge is 0.399 e. The zero-order chi connectivity index (χ0) is 15.6. The third kappa shape index (κ3) is 3.56. The first-order valence-corrected chi connectivity index (χ1v) is 7.50. The lowest BCUT2D eigenvalue weighted by atomic mass is 10.3. The van der Waals surface area contributed by atoms with Crippen LogP contribution >= 0.6 is 0 Å². The van der Waals surface area contributed by atoms with Crippen LogP contribution in [0.5, 0.6) is 0 Å². The van der Waals surface area contributed by atoms with Crippen molar-refractivity contribution >= 4 is 15.7 Å². The van der Waals surface area contributed by atoms with Crippen LogP contribution in [0.1, 0.15) is 6.92 Å². The van der Waals surface area contributed by atoms with Crippen molar-refractivity contribution in [3.8, 4) is 0 Å². The highest BCUT2D eigenvalue weighted by Gasteiger charge is 2.26. The molecule has 114 valence electrons. The molecule has 1 unspecified atom stereocenters. The highest BCUT2D eigenvalue weighted by Crippen LogP contribution is 2.21. The second-order valence-corrected chi connectivity index (χ2v) is 6.25. The lowest BCUT2D eigenvalue weighted by Gasteiger charge is -2.15. The summed E-state index contributed by atoms with van der Waals surface area (Å²) in [5.41, 5.74) is 5.07. The van der Waals surface area contributed by atoms with E-state index in [0.717, 1.165) is 12.1 Å². The predicted molar refractivity (Wildman–Crippen MR) is 72.8 cm³/mol. The molecular formula is C12H14F2N4O2S. The van der Waals surface area contributed by atoms with E-state index in [4.69, 9.17) is 5.73 Å². The van der Waals surface area contributed by atoms with E-state index in [1.807, 2.05) is 0 Å². The normalized spacial score (nSPS) is 13.3. The Hall–Kier alpha value is -2.00. The van der Waals surface area contributed by atoms with Gasteiger partial charge in [0.2, 0.25) is 10.0 Å². The van der Waals surface area contributed by atoms with E-state index in [1.54, 1.807) is 23.9 Å². The number of nitrogens with one attached hydrogen (secondary N) is 1. The average Bonchev–Trinajstić information content (AvgIpc) is 2.78. The molecule has 0 amide bonds. The van der Waals surface area contributed by atoms with Crippen LogP contribution in [0.25, 0.3) is 0 Å². The van der Waals surface area contributed by atoms with Crippen LogP contribution in [0.2, 0.25) is 0 Å². The maximum Gasteiger partial charge on any atom is 0.246 e. The van der Waals surface area contributed by atoms with Crippen LogP contribution in [0, 0.1) is 11.6 Å². The molecule has 0 fully saturated rings. The molecule has 3 N–H and O–H groups in total. The lowest BCUT2D eigenvalue weighted by Crippen LogP contribution is -2.36. The summed E-state index contributed by atoms with van der Waals surface area (Å²) in [4.78, 5) is 2.79. The van der Waals surface area contributed by atoms with Gasteiger partial charge in [-0.2, -0.15) is 0 Å².